The number of halogens is 3. The molecule has 1 aliphatic carbocycles. The first-order chi connectivity index (χ1) is 18.0. The van der Waals surface area contributed by atoms with E-state index < -0.39 is 11.6 Å². The van der Waals surface area contributed by atoms with Crippen LogP contribution in [0.15, 0.2) is 85.1 Å². The lowest BCUT2D eigenvalue weighted by Gasteiger charge is -2.28. The van der Waals surface area contributed by atoms with Crippen LogP contribution in [-0.2, 0) is 6.42 Å². The van der Waals surface area contributed by atoms with Crippen molar-refractivity contribution in [2.75, 3.05) is 0 Å². The Morgan fingerprint density at radius 2 is 1.29 bits per heavy atom. The Labute approximate surface area is 221 Å². The molecular weight excluding hydrogens is 479 g/mol. The third-order valence-electron chi connectivity index (χ3n) is 7.70. The molecule has 38 heavy (non-hydrogen) atoms. The maximum absolute atomic E-state index is 13.7. The molecule has 0 spiro atoms. The fourth-order valence-electron chi connectivity index (χ4n) is 5.80. The fraction of sp³-hybridized carbons (Fsp3) is 0.206. The zero-order valence-corrected chi connectivity index (χ0v) is 21.9. The lowest BCUT2D eigenvalue weighted by molar-refractivity contribution is -0.211. The van der Waals surface area contributed by atoms with E-state index in [-0.39, 0.29) is 6.42 Å². The molecule has 6 rings (SSSR count). The normalized spacial score (nSPS) is 12.7. The molecule has 0 aliphatic heterocycles. The molecule has 1 nitrogen and oxygen atoms in total. The van der Waals surface area contributed by atoms with Crippen molar-refractivity contribution in [3.63, 3.8) is 0 Å². The Morgan fingerprint density at radius 1 is 0.658 bits per heavy atom. The van der Waals surface area contributed by atoms with Crippen molar-refractivity contribution in [3.05, 3.63) is 102 Å². The monoisotopic (exact) mass is 507 g/mol. The first-order valence-corrected chi connectivity index (χ1v) is 12.8. The SMILES string of the molecule is Cc1cc(C)cc(-c2ncc3c4c(cccc24)-c2ccc(CC(C)(C)C(F)(F)F)cc2-c2ccccc2-3)c1. The minimum Gasteiger partial charge on any atom is -0.255 e. The van der Waals surface area contributed by atoms with Crippen molar-refractivity contribution < 1.29 is 13.2 Å². The number of pyridine rings is 1. The van der Waals surface area contributed by atoms with Gasteiger partial charge in [0.25, 0.3) is 0 Å². The average Bonchev–Trinajstić information content (AvgIpc) is 2.97. The number of alkyl halides is 3. The Balaban J connectivity index is 1.63. The van der Waals surface area contributed by atoms with Crippen molar-refractivity contribution in [1.82, 2.24) is 4.98 Å². The molecule has 0 saturated carbocycles. The van der Waals surface area contributed by atoms with Crippen molar-refractivity contribution in [3.8, 4) is 44.6 Å². The van der Waals surface area contributed by atoms with Gasteiger partial charge >= 0.3 is 6.18 Å². The Bertz CT molecular complexity index is 1710. The van der Waals surface area contributed by atoms with E-state index >= 15 is 0 Å². The number of benzene rings is 4. The van der Waals surface area contributed by atoms with Crippen LogP contribution in [0.25, 0.3) is 55.4 Å². The molecule has 0 radical (unpaired) electrons. The standard InChI is InChI=1S/C34H28F3N/c1-20-14-21(2)16-23(15-20)32-28-11-7-10-27-26-13-12-22(18-33(3,4)34(35,36)37)17-29(26)24-8-5-6-9-25(24)30(19-38-32)31(27)28/h5-17,19H,18H2,1-4H3. The minimum absolute atomic E-state index is 0.0818. The Morgan fingerprint density at radius 3 is 1.97 bits per heavy atom. The summed E-state index contributed by atoms with van der Waals surface area (Å²) >= 11 is 0. The largest absolute Gasteiger partial charge is 0.394 e. The van der Waals surface area contributed by atoms with Gasteiger partial charge in [0.05, 0.1) is 11.1 Å². The zero-order valence-electron chi connectivity index (χ0n) is 21.9. The van der Waals surface area contributed by atoms with Gasteiger partial charge in [0.2, 0.25) is 0 Å². The predicted octanol–water partition coefficient (Wildman–Crippen LogP) is 9.96. The molecule has 0 unspecified atom stereocenters. The molecule has 0 atom stereocenters. The van der Waals surface area contributed by atoms with E-state index in [1.165, 1.54) is 25.0 Å². The molecule has 5 aromatic rings. The summed E-state index contributed by atoms with van der Waals surface area (Å²) in [6.45, 7) is 6.72. The zero-order chi connectivity index (χ0) is 26.8. The van der Waals surface area contributed by atoms with Gasteiger partial charge in [-0.05, 0) is 65.8 Å². The minimum atomic E-state index is -4.28. The van der Waals surface area contributed by atoms with E-state index in [0.29, 0.717) is 5.56 Å². The average molecular weight is 508 g/mol. The van der Waals surface area contributed by atoms with Crippen LogP contribution in [0.3, 0.4) is 0 Å². The quantitative estimate of drug-likeness (QED) is 0.232. The first kappa shape index (κ1) is 24.4. The van der Waals surface area contributed by atoms with Gasteiger partial charge in [-0.2, -0.15) is 13.2 Å². The van der Waals surface area contributed by atoms with Gasteiger partial charge in [0.1, 0.15) is 0 Å². The topological polar surface area (TPSA) is 12.9 Å². The fourth-order valence-corrected chi connectivity index (χ4v) is 5.80. The van der Waals surface area contributed by atoms with Crippen LogP contribution in [0.2, 0.25) is 0 Å². The van der Waals surface area contributed by atoms with Crippen molar-refractivity contribution in [2.24, 2.45) is 5.41 Å². The first-order valence-electron chi connectivity index (χ1n) is 12.8. The van der Waals surface area contributed by atoms with Crippen LogP contribution in [-0.4, -0.2) is 11.2 Å². The van der Waals surface area contributed by atoms with Crippen molar-refractivity contribution in [1.29, 1.82) is 0 Å². The molecule has 4 aromatic carbocycles. The van der Waals surface area contributed by atoms with Gasteiger partial charge < -0.3 is 0 Å². The lowest BCUT2D eigenvalue weighted by atomic mass is 9.83. The Hall–Kier alpha value is -3.92. The second-order valence-corrected chi connectivity index (χ2v) is 11.1. The molecule has 0 bridgehead atoms. The highest BCUT2D eigenvalue weighted by atomic mass is 19.4. The summed E-state index contributed by atoms with van der Waals surface area (Å²) in [5, 5.41) is 2.18. The summed E-state index contributed by atoms with van der Waals surface area (Å²) in [6, 6.07) is 26.7. The third-order valence-corrected chi connectivity index (χ3v) is 7.70. The smallest absolute Gasteiger partial charge is 0.255 e. The second kappa shape index (κ2) is 8.56. The molecule has 1 aromatic heterocycles. The number of hydrogen-bond donors (Lipinski definition) is 0. The van der Waals surface area contributed by atoms with Crippen LogP contribution in [0.5, 0.6) is 0 Å². The van der Waals surface area contributed by atoms with Crippen LogP contribution in [0.1, 0.15) is 30.5 Å². The second-order valence-electron chi connectivity index (χ2n) is 11.1. The van der Waals surface area contributed by atoms with Crippen LogP contribution in [0, 0.1) is 19.3 Å². The number of hydrogen-bond acceptors (Lipinski definition) is 1. The van der Waals surface area contributed by atoms with Crippen molar-refractivity contribution >= 4 is 10.8 Å². The lowest BCUT2D eigenvalue weighted by Crippen LogP contribution is -2.34. The molecule has 0 amide bonds. The molecule has 1 aliphatic rings. The predicted molar refractivity (Wildman–Crippen MR) is 150 cm³/mol. The summed E-state index contributed by atoms with van der Waals surface area (Å²) in [4.78, 5) is 4.98. The Kier molecular flexibility index (Phi) is 5.50. The van der Waals surface area contributed by atoms with Crippen LogP contribution < -0.4 is 0 Å². The third kappa shape index (κ3) is 3.91. The van der Waals surface area contributed by atoms with Gasteiger partial charge in [-0.1, -0.05) is 91.7 Å². The number of fused-ring (bicyclic) bond motifs is 5. The highest BCUT2D eigenvalue weighted by Gasteiger charge is 2.47. The number of aryl methyl sites for hydroxylation is 2. The van der Waals surface area contributed by atoms with Gasteiger partial charge in [0, 0.05) is 28.1 Å². The van der Waals surface area contributed by atoms with Gasteiger partial charge in [-0.15, -0.1) is 0 Å². The van der Waals surface area contributed by atoms with E-state index in [4.69, 9.17) is 4.98 Å². The van der Waals surface area contributed by atoms with Gasteiger partial charge in [-0.3, -0.25) is 4.98 Å². The molecule has 0 saturated heterocycles. The highest BCUT2D eigenvalue weighted by molar-refractivity contribution is 6.15. The molecule has 190 valence electrons. The summed E-state index contributed by atoms with van der Waals surface area (Å²) < 4.78 is 41.1. The maximum Gasteiger partial charge on any atom is 0.394 e. The van der Waals surface area contributed by atoms with Crippen molar-refractivity contribution in [2.45, 2.75) is 40.3 Å². The maximum atomic E-state index is 13.7. The van der Waals surface area contributed by atoms with Crippen LogP contribution in [0.4, 0.5) is 13.2 Å². The number of rotatable bonds is 3. The summed E-state index contributed by atoms with van der Waals surface area (Å²) in [6.07, 6.45) is -2.41. The molecule has 4 heteroatoms. The van der Waals surface area contributed by atoms with E-state index in [0.717, 1.165) is 55.4 Å². The van der Waals surface area contributed by atoms with E-state index in [1.807, 2.05) is 36.5 Å². The number of aromatic nitrogens is 1. The summed E-state index contributed by atoms with van der Waals surface area (Å²) in [5.74, 6) is 0. The molecular formula is C34H28F3N. The van der Waals surface area contributed by atoms with Gasteiger partial charge in [-0.25, -0.2) is 0 Å². The molecule has 1 heterocycles. The molecule has 0 fully saturated rings. The van der Waals surface area contributed by atoms with Gasteiger partial charge in [0.15, 0.2) is 0 Å². The highest BCUT2D eigenvalue weighted by Crippen LogP contribution is 2.49. The van der Waals surface area contributed by atoms with E-state index in [9.17, 15) is 13.2 Å². The van der Waals surface area contributed by atoms with Crippen LogP contribution >= 0.6 is 0 Å². The van der Waals surface area contributed by atoms with E-state index in [1.54, 1.807) is 0 Å². The summed E-state index contributed by atoms with van der Waals surface area (Å²) in [7, 11) is 0. The van der Waals surface area contributed by atoms with E-state index in [2.05, 4.69) is 62.4 Å². The number of nitrogens with zero attached hydrogens (tertiary/aromatic N) is 1. The molecule has 0 N–H and O–H groups in total. The summed E-state index contributed by atoms with van der Waals surface area (Å²) in [5.41, 5.74) is 9.35.